The summed E-state index contributed by atoms with van der Waals surface area (Å²) in [6, 6.07) is 8.47. The van der Waals surface area contributed by atoms with Crippen LogP contribution in [0.3, 0.4) is 0 Å². The number of hydrogen-bond donors (Lipinski definition) is 2. The van der Waals surface area contributed by atoms with Gasteiger partial charge in [-0.2, -0.15) is 0 Å². The van der Waals surface area contributed by atoms with Gasteiger partial charge in [-0.05, 0) is 36.3 Å². The van der Waals surface area contributed by atoms with Gasteiger partial charge in [-0.15, -0.1) is 0 Å². The molecule has 1 unspecified atom stereocenters. The highest BCUT2D eigenvalue weighted by Crippen LogP contribution is 2.28. The Morgan fingerprint density at radius 3 is 2.31 bits per heavy atom. The number of aliphatic hydroxyl groups excluding tert-OH is 1. The van der Waals surface area contributed by atoms with E-state index in [0.29, 0.717) is 12.3 Å². The van der Waals surface area contributed by atoms with Crippen molar-refractivity contribution in [1.29, 1.82) is 0 Å². The van der Waals surface area contributed by atoms with Gasteiger partial charge in [-0.1, -0.05) is 24.3 Å². The minimum absolute atomic E-state index is 0.539. The first-order valence-corrected chi connectivity index (χ1v) is 4.76. The summed E-state index contributed by atoms with van der Waals surface area (Å²) >= 11 is 0. The Labute approximate surface area is 78.4 Å². The second-order valence-corrected chi connectivity index (χ2v) is 3.85. The quantitative estimate of drug-likeness (QED) is 0.664. The predicted octanol–water partition coefficient (Wildman–Crippen LogP) is 1.07. The zero-order chi connectivity index (χ0) is 9.26. The maximum Gasteiger partial charge on any atom is 0.102 e. The zero-order valence-electron chi connectivity index (χ0n) is 7.61. The van der Waals surface area contributed by atoms with Crippen LogP contribution in [-0.4, -0.2) is 11.3 Å². The molecule has 0 fully saturated rings. The van der Waals surface area contributed by atoms with Gasteiger partial charge in [0.25, 0.3) is 0 Å². The van der Waals surface area contributed by atoms with Crippen molar-refractivity contribution in [1.82, 2.24) is 0 Å². The lowest BCUT2D eigenvalue weighted by Gasteiger charge is -2.10. The number of rotatable bonds is 2. The lowest BCUT2D eigenvalue weighted by molar-refractivity contribution is 0.150. The summed E-state index contributed by atoms with van der Waals surface area (Å²) in [4.78, 5) is 0. The van der Waals surface area contributed by atoms with Crippen molar-refractivity contribution >= 4 is 0 Å². The Kier molecular flexibility index (Phi) is 2.34. The van der Waals surface area contributed by atoms with E-state index in [1.54, 1.807) is 0 Å². The Bertz CT molecular complexity index is 271. The molecule has 1 aliphatic rings. The van der Waals surface area contributed by atoms with Crippen molar-refractivity contribution < 1.29 is 5.11 Å². The fraction of sp³-hybridized carbons (Fsp3) is 0.455. The average molecular weight is 177 g/mol. The van der Waals surface area contributed by atoms with E-state index in [4.69, 9.17) is 10.8 Å². The van der Waals surface area contributed by atoms with E-state index in [1.165, 1.54) is 11.1 Å². The molecule has 0 heterocycles. The summed E-state index contributed by atoms with van der Waals surface area (Å²) in [6.45, 7) is 0. The molecule has 0 bridgehead atoms. The van der Waals surface area contributed by atoms with E-state index in [9.17, 15) is 0 Å². The predicted molar refractivity (Wildman–Crippen MR) is 52.2 cm³/mol. The van der Waals surface area contributed by atoms with Crippen molar-refractivity contribution in [2.75, 3.05) is 0 Å². The highest BCUT2D eigenvalue weighted by Gasteiger charge is 2.21. The van der Waals surface area contributed by atoms with Gasteiger partial charge in [0, 0.05) is 0 Å². The number of benzene rings is 1. The third-order valence-corrected chi connectivity index (χ3v) is 2.71. The van der Waals surface area contributed by atoms with Crippen molar-refractivity contribution in [3.63, 3.8) is 0 Å². The van der Waals surface area contributed by atoms with E-state index < -0.39 is 6.23 Å². The first-order valence-electron chi connectivity index (χ1n) is 4.76. The molecular formula is C11H15NO. The molecule has 0 aliphatic heterocycles. The molecule has 0 saturated carbocycles. The lowest BCUT2D eigenvalue weighted by atomic mass is 10.0. The zero-order valence-corrected chi connectivity index (χ0v) is 7.61. The maximum atomic E-state index is 9.07. The summed E-state index contributed by atoms with van der Waals surface area (Å²) in [6.07, 6.45) is 2.21. The van der Waals surface area contributed by atoms with Crippen LogP contribution in [0, 0.1) is 5.92 Å². The smallest absolute Gasteiger partial charge is 0.102 e. The van der Waals surface area contributed by atoms with E-state index >= 15 is 0 Å². The van der Waals surface area contributed by atoms with Crippen LogP contribution in [0.4, 0.5) is 0 Å². The number of nitrogens with two attached hydrogens (primary N) is 1. The van der Waals surface area contributed by atoms with Crippen molar-refractivity contribution in [3.8, 4) is 0 Å². The summed E-state index contributed by atoms with van der Waals surface area (Å²) in [5, 5.41) is 9.07. The molecule has 0 radical (unpaired) electrons. The molecule has 70 valence electrons. The average Bonchev–Trinajstić information content (AvgIpc) is 2.44. The third-order valence-electron chi connectivity index (χ3n) is 2.71. The highest BCUT2D eigenvalue weighted by molar-refractivity contribution is 5.31. The van der Waals surface area contributed by atoms with Gasteiger partial charge in [0.05, 0.1) is 0 Å². The molecule has 0 amide bonds. The number of hydrogen-bond acceptors (Lipinski definition) is 2. The third kappa shape index (κ3) is 1.90. The second kappa shape index (κ2) is 3.48. The summed E-state index contributed by atoms with van der Waals surface area (Å²) in [7, 11) is 0. The maximum absolute atomic E-state index is 9.07. The molecule has 1 aromatic carbocycles. The SMILES string of the molecule is NC(O)CC1Cc2ccccc2C1. The van der Waals surface area contributed by atoms with Gasteiger partial charge >= 0.3 is 0 Å². The normalized spacial score (nSPS) is 18.6. The molecule has 2 rings (SSSR count). The molecule has 2 nitrogen and oxygen atoms in total. The van der Waals surface area contributed by atoms with Crippen LogP contribution < -0.4 is 5.73 Å². The van der Waals surface area contributed by atoms with Crippen molar-refractivity contribution in [3.05, 3.63) is 35.4 Å². The molecule has 2 heteroatoms. The van der Waals surface area contributed by atoms with Gasteiger partial charge in [0.2, 0.25) is 0 Å². The Balaban J connectivity index is 2.05. The van der Waals surface area contributed by atoms with Crippen LogP contribution in [-0.2, 0) is 12.8 Å². The Morgan fingerprint density at radius 2 is 1.85 bits per heavy atom. The highest BCUT2D eigenvalue weighted by atomic mass is 16.3. The summed E-state index contributed by atoms with van der Waals surface area (Å²) in [5.74, 6) is 0.539. The monoisotopic (exact) mass is 177 g/mol. The number of aliphatic hydroxyl groups is 1. The first kappa shape index (κ1) is 8.73. The van der Waals surface area contributed by atoms with Crippen molar-refractivity contribution in [2.24, 2.45) is 11.7 Å². The van der Waals surface area contributed by atoms with Crippen LogP contribution >= 0.6 is 0 Å². The minimum Gasteiger partial charge on any atom is -0.379 e. The fourth-order valence-electron chi connectivity index (χ4n) is 2.16. The minimum atomic E-state index is -0.653. The molecule has 13 heavy (non-hydrogen) atoms. The first-order chi connectivity index (χ1) is 6.25. The van der Waals surface area contributed by atoms with Crippen LogP contribution in [0.15, 0.2) is 24.3 Å². The van der Waals surface area contributed by atoms with Gasteiger partial charge in [0.15, 0.2) is 0 Å². The van der Waals surface area contributed by atoms with Crippen LogP contribution in [0.5, 0.6) is 0 Å². The standard InChI is InChI=1S/C11H15NO/c12-11(13)7-8-5-9-3-1-2-4-10(9)6-8/h1-4,8,11,13H,5-7,12H2. The Hall–Kier alpha value is -0.860. The topological polar surface area (TPSA) is 46.2 Å². The molecular weight excluding hydrogens is 162 g/mol. The van der Waals surface area contributed by atoms with Gasteiger partial charge in [-0.3, -0.25) is 0 Å². The van der Waals surface area contributed by atoms with Crippen LogP contribution in [0.1, 0.15) is 17.5 Å². The van der Waals surface area contributed by atoms with E-state index in [0.717, 1.165) is 12.8 Å². The van der Waals surface area contributed by atoms with Crippen molar-refractivity contribution in [2.45, 2.75) is 25.5 Å². The molecule has 0 saturated heterocycles. The molecule has 3 N–H and O–H groups in total. The van der Waals surface area contributed by atoms with E-state index in [2.05, 4.69) is 24.3 Å². The molecule has 0 spiro atoms. The summed E-state index contributed by atoms with van der Waals surface area (Å²) < 4.78 is 0. The van der Waals surface area contributed by atoms with Crippen LogP contribution in [0.25, 0.3) is 0 Å². The number of fused-ring (bicyclic) bond motifs is 1. The largest absolute Gasteiger partial charge is 0.379 e. The molecule has 1 aliphatic carbocycles. The van der Waals surface area contributed by atoms with Crippen LogP contribution in [0.2, 0.25) is 0 Å². The summed E-state index contributed by atoms with van der Waals surface area (Å²) in [5.41, 5.74) is 8.21. The van der Waals surface area contributed by atoms with E-state index in [-0.39, 0.29) is 0 Å². The fourth-order valence-corrected chi connectivity index (χ4v) is 2.16. The second-order valence-electron chi connectivity index (χ2n) is 3.85. The molecule has 1 aromatic rings. The molecule has 0 aromatic heterocycles. The van der Waals surface area contributed by atoms with Gasteiger partial charge in [-0.25, -0.2) is 0 Å². The van der Waals surface area contributed by atoms with E-state index in [1.807, 2.05) is 0 Å². The Morgan fingerprint density at radius 1 is 1.31 bits per heavy atom. The van der Waals surface area contributed by atoms with Gasteiger partial charge in [0.1, 0.15) is 6.23 Å². The lowest BCUT2D eigenvalue weighted by Crippen LogP contribution is -2.22. The van der Waals surface area contributed by atoms with Gasteiger partial charge < -0.3 is 10.8 Å². The molecule has 1 atom stereocenters.